The first-order valence-corrected chi connectivity index (χ1v) is 14.3. The van der Waals surface area contributed by atoms with Gasteiger partial charge in [0.2, 0.25) is 5.91 Å². The Morgan fingerprint density at radius 3 is 2.30 bits per heavy atom. The largest absolute Gasteiger partial charge is 0.448 e. The van der Waals surface area contributed by atoms with Gasteiger partial charge in [-0.15, -0.1) is 11.8 Å². The average molecular weight is 570 g/mol. The number of amides is 2. The van der Waals surface area contributed by atoms with Crippen molar-refractivity contribution in [3.8, 4) is 0 Å². The minimum absolute atomic E-state index is 0.151. The van der Waals surface area contributed by atoms with Gasteiger partial charge < -0.3 is 10.5 Å². The second-order valence-corrected chi connectivity index (χ2v) is 11.2. The van der Waals surface area contributed by atoms with Crippen LogP contribution in [0.4, 0.5) is 5.13 Å². The van der Waals surface area contributed by atoms with Crippen molar-refractivity contribution in [2.45, 2.75) is 17.5 Å². The summed E-state index contributed by atoms with van der Waals surface area (Å²) in [4.78, 5) is 49.9. The van der Waals surface area contributed by atoms with Gasteiger partial charge in [0, 0.05) is 23.7 Å². The Morgan fingerprint density at radius 2 is 1.65 bits per heavy atom. The van der Waals surface area contributed by atoms with E-state index in [-0.39, 0.29) is 22.7 Å². The molecule has 0 saturated carbocycles. The summed E-state index contributed by atoms with van der Waals surface area (Å²) in [6, 6.07) is 23.2. The highest BCUT2D eigenvalue weighted by molar-refractivity contribution is 8.00. The lowest BCUT2D eigenvalue weighted by Gasteiger charge is -2.48. The molecular weight excluding hydrogens is 546 g/mol. The number of thioether (sulfide) groups is 1. The number of hydrogen-bond acceptors (Lipinski definition) is 9. The Bertz CT molecular complexity index is 1550. The zero-order valence-electron chi connectivity index (χ0n) is 21.0. The molecule has 1 saturated heterocycles. The molecular formula is C29H23N5O4S2. The van der Waals surface area contributed by atoms with Gasteiger partial charge in [-0.25, -0.2) is 9.78 Å². The topological polar surface area (TPSA) is 128 Å². The van der Waals surface area contributed by atoms with E-state index in [1.807, 2.05) is 60.7 Å². The molecule has 4 heterocycles. The molecule has 0 aliphatic carbocycles. The van der Waals surface area contributed by atoms with Crippen LogP contribution in [0.5, 0.6) is 0 Å². The number of β-lactam (4-membered cyclic amide) rings is 1. The van der Waals surface area contributed by atoms with Gasteiger partial charge in [0.1, 0.15) is 22.8 Å². The predicted molar refractivity (Wildman–Crippen MR) is 153 cm³/mol. The number of nitrogens with two attached hydrogens (primary N) is 1. The lowest BCUT2D eigenvalue weighted by molar-refractivity contribution is -0.152. The number of thiazole rings is 1. The number of carbonyl (C=O) groups is 3. The maximum absolute atomic E-state index is 13.9. The van der Waals surface area contributed by atoms with Gasteiger partial charge in [0.15, 0.2) is 11.2 Å². The van der Waals surface area contributed by atoms with Crippen molar-refractivity contribution in [3.63, 3.8) is 0 Å². The summed E-state index contributed by atoms with van der Waals surface area (Å²) in [5, 5.41) is 2.73. The van der Waals surface area contributed by atoms with Gasteiger partial charge >= 0.3 is 5.97 Å². The Balaban J connectivity index is 1.34. The molecule has 2 unspecified atom stereocenters. The highest BCUT2D eigenvalue weighted by Crippen LogP contribution is 2.45. The van der Waals surface area contributed by atoms with Gasteiger partial charge in [-0.3, -0.25) is 24.8 Å². The fourth-order valence-electron chi connectivity index (χ4n) is 4.57. The Morgan fingerprint density at radius 1 is 0.975 bits per heavy atom. The van der Waals surface area contributed by atoms with E-state index in [2.05, 4.69) is 15.3 Å². The highest BCUT2D eigenvalue weighted by atomic mass is 32.2. The lowest BCUT2D eigenvalue weighted by Crippen LogP contribution is -2.68. The third-order valence-electron chi connectivity index (χ3n) is 6.55. The molecule has 11 heteroatoms. The first kappa shape index (κ1) is 25.9. The predicted octanol–water partition coefficient (Wildman–Crippen LogP) is 4.08. The third kappa shape index (κ3) is 4.90. The number of rotatable bonds is 7. The number of nitrogens with zero attached hydrogens (tertiary/aromatic N) is 3. The Kier molecular flexibility index (Phi) is 7.16. The summed E-state index contributed by atoms with van der Waals surface area (Å²) in [5.74, 6) is -0.953. The van der Waals surface area contributed by atoms with Crippen molar-refractivity contribution >= 4 is 51.6 Å². The van der Waals surface area contributed by atoms with E-state index >= 15 is 0 Å². The number of hydrogen-bond donors (Lipinski definition) is 2. The van der Waals surface area contributed by atoms with Crippen molar-refractivity contribution in [1.29, 1.82) is 0 Å². The molecule has 0 spiro atoms. The van der Waals surface area contributed by atoms with Crippen LogP contribution in [0, 0.1) is 0 Å². The number of ether oxygens (including phenoxy) is 1. The number of carbonyl (C=O) groups excluding carboxylic acids is 3. The number of anilines is 1. The van der Waals surface area contributed by atoms with Crippen molar-refractivity contribution in [3.05, 3.63) is 119 Å². The van der Waals surface area contributed by atoms with Gasteiger partial charge in [-0.1, -0.05) is 78.1 Å². The molecule has 200 valence electrons. The molecule has 40 heavy (non-hydrogen) atoms. The molecule has 4 aromatic rings. The fraction of sp³-hybridized carbons (Fsp3) is 0.138. The molecule has 2 aromatic heterocycles. The maximum Gasteiger partial charge on any atom is 0.356 e. The number of esters is 1. The number of nitrogens with one attached hydrogen (secondary N) is 1. The zero-order valence-corrected chi connectivity index (χ0v) is 22.6. The number of benzene rings is 2. The minimum atomic E-state index is -0.692. The summed E-state index contributed by atoms with van der Waals surface area (Å²) >= 11 is 2.68. The SMILES string of the molecule is NC1C(=O)N2C(C(=O)OC(c3ccccc3)c3ccccc3)=C(c3cnc(NC(=O)c4ccccn4)s3)CSC12. The molecule has 2 aromatic carbocycles. The van der Waals surface area contributed by atoms with Crippen molar-refractivity contribution in [1.82, 2.24) is 14.9 Å². The lowest BCUT2D eigenvalue weighted by atomic mass is 10.0. The van der Waals surface area contributed by atoms with Crippen LogP contribution in [0.3, 0.4) is 0 Å². The normalized spacial score (nSPS) is 18.2. The summed E-state index contributed by atoms with van der Waals surface area (Å²) in [7, 11) is 0. The van der Waals surface area contributed by atoms with Gasteiger partial charge in [0.25, 0.3) is 5.91 Å². The fourth-order valence-corrected chi connectivity index (χ4v) is 6.83. The van der Waals surface area contributed by atoms with Crippen LogP contribution in [-0.4, -0.2) is 49.8 Å². The smallest absolute Gasteiger partial charge is 0.356 e. The van der Waals surface area contributed by atoms with E-state index < -0.39 is 24.0 Å². The van der Waals surface area contributed by atoms with Gasteiger partial charge in [-0.05, 0) is 23.3 Å². The molecule has 0 radical (unpaired) electrons. The van der Waals surface area contributed by atoms with Gasteiger partial charge in [-0.2, -0.15) is 0 Å². The second kappa shape index (κ2) is 11.0. The quantitative estimate of drug-likeness (QED) is 0.252. The third-order valence-corrected chi connectivity index (χ3v) is 8.83. The van der Waals surface area contributed by atoms with Crippen LogP contribution in [0.2, 0.25) is 0 Å². The maximum atomic E-state index is 13.9. The number of pyridine rings is 1. The first-order chi connectivity index (χ1) is 19.5. The molecule has 2 aliphatic rings. The molecule has 2 amide bonds. The van der Waals surface area contributed by atoms with E-state index in [9.17, 15) is 14.4 Å². The van der Waals surface area contributed by atoms with Crippen LogP contribution in [0.1, 0.15) is 32.6 Å². The van der Waals surface area contributed by atoms with Crippen LogP contribution < -0.4 is 11.1 Å². The first-order valence-electron chi connectivity index (χ1n) is 12.4. The van der Waals surface area contributed by atoms with E-state index in [4.69, 9.17) is 10.5 Å². The van der Waals surface area contributed by atoms with E-state index in [0.717, 1.165) is 11.1 Å². The molecule has 2 aliphatic heterocycles. The standard InChI is InChI=1S/C29H23N5O4S2/c30-22-26(36)34-23(28(37)38-24(17-9-3-1-4-10-17)18-11-5-2-6-12-18)19(16-39-27(22)34)21-15-32-29(40-21)33-25(35)20-13-7-8-14-31-20/h1-15,22,24,27H,16,30H2,(H,32,33,35). The number of fused-ring (bicyclic) bond motifs is 1. The average Bonchev–Trinajstić information content (AvgIpc) is 3.48. The Labute approximate surface area is 238 Å². The summed E-state index contributed by atoms with van der Waals surface area (Å²) in [6.45, 7) is 0. The number of aromatic nitrogens is 2. The second-order valence-electron chi connectivity index (χ2n) is 9.07. The zero-order chi connectivity index (χ0) is 27.6. The molecule has 0 bridgehead atoms. The molecule has 9 nitrogen and oxygen atoms in total. The van der Waals surface area contributed by atoms with E-state index in [1.54, 1.807) is 24.4 Å². The highest BCUT2D eigenvalue weighted by Gasteiger charge is 2.52. The summed E-state index contributed by atoms with van der Waals surface area (Å²) in [5.41, 5.74) is 8.68. The van der Waals surface area contributed by atoms with E-state index in [0.29, 0.717) is 21.3 Å². The van der Waals surface area contributed by atoms with Crippen molar-refractivity contribution in [2.75, 3.05) is 11.1 Å². The monoisotopic (exact) mass is 569 g/mol. The van der Waals surface area contributed by atoms with E-state index in [1.165, 1.54) is 34.2 Å². The van der Waals surface area contributed by atoms with Gasteiger partial charge in [0.05, 0.1) is 4.88 Å². The van der Waals surface area contributed by atoms with Crippen LogP contribution >= 0.6 is 23.1 Å². The summed E-state index contributed by atoms with van der Waals surface area (Å²) in [6.07, 6.45) is 2.43. The summed E-state index contributed by atoms with van der Waals surface area (Å²) < 4.78 is 6.14. The molecule has 3 N–H and O–H groups in total. The Hall–Kier alpha value is -4.32. The molecule has 2 atom stereocenters. The van der Waals surface area contributed by atoms with Crippen LogP contribution in [0.15, 0.2) is 97.0 Å². The van der Waals surface area contributed by atoms with Crippen molar-refractivity contribution < 1.29 is 19.1 Å². The minimum Gasteiger partial charge on any atom is -0.448 e. The van der Waals surface area contributed by atoms with Crippen LogP contribution in [-0.2, 0) is 14.3 Å². The van der Waals surface area contributed by atoms with Crippen molar-refractivity contribution in [2.24, 2.45) is 5.73 Å². The molecule has 1 fully saturated rings. The molecule has 6 rings (SSSR count). The van der Waals surface area contributed by atoms with Crippen LogP contribution in [0.25, 0.3) is 5.57 Å².